The number of aryl methyl sites for hydroxylation is 2. The van der Waals surface area contributed by atoms with E-state index in [0.29, 0.717) is 0 Å². The second kappa shape index (κ2) is 6.25. The molecule has 0 bridgehead atoms. The van der Waals surface area contributed by atoms with Gasteiger partial charge in [-0.3, -0.25) is 0 Å². The second-order valence-corrected chi connectivity index (χ2v) is 6.74. The van der Waals surface area contributed by atoms with E-state index in [4.69, 9.17) is 4.74 Å². The third-order valence-electron chi connectivity index (χ3n) is 5.02. The molecule has 1 aliphatic rings. The number of methoxy groups -OCH3 is 1. The van der Waals surface area contributed by atoms with Gasteiger partial charge in [-0.15, -0.1) is 0 Å². The maximum Gasteiger partial charge on any atom is 0.116 e. The lowest BCUT2D eigenvalue weighted by atomic mass is 9.91. The van der Waals surface area contributed by atoms with Gasteiger partial charge in [0.1, 0.15) is 5.76 Å². The van der Waals surface area contributed by atoms with Crippen molar-refractivity contribution < 1.29 is 4.74 Å². The first kappa shape index (κ1) is 15.7. The number of benzene rings is 3. The van der Waals surface area contributed by atoms with E-state index >= 15 is 0 Å². The van der Waals surface area contributed by atoms with Gasteiger partial charge in [-0.05, 0) is 36.1 Å². The number of hydrogen-bond acceptors (Lipinski definition) is 1. The van der Waals surface area contributed by atoms with E-state index in [1.165, 1.54) is 39.0 Å². The molecule has 0 radical (unpaired) electrons. The summed E-state index contributed by atoms with van der Waals surface area (Å²) in [5.41, 5.74) is 8.83. The van der Waals surface area contributed by atoms with Gasteiger partial charge in [-0.1, -0.05) is 83.9 Å². The lowest BCUT2D eigenvalue weighted by molar-refractivity contribution is 0.278. The third kappa shape index (κ3) is 2.66. The highest BCUT2D eigenvalue weighted by atomic mass is 16.5. The van der Waals surface area contributed by atoms with Crippen molar-refractivity contribution in [2.24, 2.45) is 0 Å². The predicted octanol–water partition coefficient (Wildman–Crippen LogP) is 5.85. The Balaban J connectivity index is 1.95. The Morgan fingerprint density at radius 3 is 1.96 bits per heavy atom. The summed E-state index contributed by atoms with van der Waals surface area (Å²) in [6.45, 7) is 4.24. The molecule has 0 amide bonds. The van der Waals surface area contributed by atoms with E-state index in [9.17, 15) is 0 Å². The molecule has 0 saturated heterocycles. The molecule has 1 heteroatoms. The van der Waals surface area contributed by atoms with Crippen LogP contribution in [0.4, 0.5) is 0 Å². The van der Waals surface area contributed by atoms with Gasteiger partial charge in [-0.25, -0.2) is 0 Å². The number of hydrogen-bond donors (Lipinski definition) is 0. The Bertz CT molecular complexity index is 931. The Morgan fingerprint density at radius 2 is 1.32 bits per heavy atom. The minimum Gasteiger partial charge on any atom is -0.499 e. The Hall–Kier alpha value is -2.80. The summed E-state index contributed by atoms with van der Waals surface area (Å²) in [7, 11) is 1.79. The average molecular weight is 326 g/mol. The standard InChI is InChI=1S/C24H22O/c1-16-8-12-18(13-9-16)22-20-6-4-5-7-21(20)23(24(22)25-3)19-14-10-17(2)11-15-19/h4-15,22H,1-3H3. The van der Waals surface area contributed by atoms with Crippen molar-refractivity contribution in [2.75, 3.05) is 7.11 Å². The molecule has 0 fully saturated rings. The molecule has 0 saturated carbocycles. The zero-order chi connectivity index (χ0) is 17.4. The molecule has 25 heavy (non-hydrogen) atoms. The van der Waals surface area contributed by atoms with Gasteiger partial charge in [0.2, 0.25) is 0 Å². The van der Waals surface area contributed by atoms with Crippen LogP contribution in [0.25, 0.3) is 5.57 Å². The fourth-order valence-corrected chi connectivity index (χ4v) is 3.72. The molecule has 1 nitrogen and oxygen atoms in total. The molecule has 0 N–H and O–H groups in total. The zero-order valence-electron chi connectivity index (χ0n) is 14.9. The summed E-state index contributed by atoms with van der Waals surface area (Å²) in [6.07, 6.45) is 0. The number of ether oxygens (including phenoxy) is 1. The smallest absolute Gasteiger partial charge is 0.116 e. The highest BCUT2D eigenvalue weighted by molar-refractivity contribution is 5.88. The van der Waals surface area contributed by atoms with Gasteiger partial charge in [0.25, 0.3) is 0 Å². The molecule has 3 aromatic carbocycles. The van der Waals surface area contributed by atoms with Crippen LogP contribution in [0.1, 0.15) is 39.3 Å². The van der Waals surface area contributed by atoms with Gasteiger partial charge in [0.15, 0.2) is 0 Å². The van der Waals surface area contributed by atoms with Gasteiger partial charge in [0.05, 0.1) is 13.0 Å². The van der Waals surface area contributed by atoms with Crippen LogP contribution in [-0.4, -0.2) is 7.11 Å². The summed E-state index contributed by atoms with van der Waals surface area (Å²) in [5, 5.41) is 0. The summed E-state index contributed by atoms with van der Waals surface area (Å²) in [4.78, 5) is 0. The highest BCUT2D eigenvalue weighted by Gasteiger charge is 2.33. The number of fused-ring (bicyclic) bond motifs is 1. The van der Waals surface area contributed by atoms with E-state index in [0.717, 1.165) is 5.76 Å². The molecular formula is C24H22O. The van der Waals surface area contributed by atoms with Gasteiger partial charge < -0.3 is 4.74 Å². The molecule has 0 aliphatic heterocycles. The van der Waals surface area contributed by atoms with Crippen molar-refractivity contribution >= 4 is 5.57 Å². The van der Waals surface area contributed by atoms with Gasteiger partial charge in [0, 0.05) is 5.57 Å². The minimum absolute atomic E-state index is 0.151. The van der Waals surface area contributed by atoms with Crippen molar-refractivity contribution in [3.63, 3.8) is 0 Å². The number of allylic oxidation sites excluding steroid dienone is 1. The largest absolute Gasteiger partial charge is 0.499 e. The van der Waals surface area contributed by atoms with Crippen molar-refractivity contribution in [3.05, 3.63) is 112 Å². The highest BCUT2D eigenvalue weighted by Crippen LogP contribution is 2.48. The third-order valence-corrected chi connectivity index (χ3v) is 5.02. The van der Waals surface area contributed by atoms with Crippen molar-refractivity contribution in [2.45, 2.75) is 19.8 Å². The molecule has 0 spiro atoms. The SMILES string of the molecule is COC1=C(c2ccc(C)cc2)c2ccccc2C1c1ccc(C)cc1. The van der Waals surface area contributed by atoms with Gasteiger partial charge in [-0.2, -0.15) is 0 Å². The monoisotopic (exact) mass is 326 g/mol. The molecule has 124 valence electrons. The van der Waals surface area contributed by atoms with Crippen LogP contribution in [-0.2, 0) is 4.74 Å². The first-order valence-electron chi connectivity index (χ1n) is 8.70. The summed E-state index contributed by atoms with van der Waals surface area (Å²) in [6, 6.07) is 26.2. The summed E-state index contributed by atoms with van der Waals surface area (Å²) < 4.78 is 5.97. The fraction of sp³-hybridized carbons (Fsp3) is 0.167. The van der Waals surface area contributed by atoms with Crippen LogP contribution >= 0.6 is 0 Å². The van der Waals surface area contributed by atoms with Crippen molar-refractivity contribution in [1.82, 2.24) is 0 Å². The van der Waals surface area contributed by atoms with E-state index < -0.39 is 0 Å². The maximum absolute atomic E-state index is 5.97. The summed E-state index contributed by atoms with van der Waals surface area (Å²) >= 11 is 0. The van der Waals surface area contributed by atoms with Crippen LogP contribution in [0.2, 0.25) is 0 Å². The lowest BCUT2D eigenvalue weighted by Gasteiger charge is -2.17. The second-order valence-electron chi connectivity index (χ2n) is 6.74. The molecule has 0 aromatic heterocycles. The maximum atomic E-state index is 5.97. The average Bonchev–Trinajstić information content (AvgIpc) is 2.97. The van der Waals surface area contributed by atoms with Crippen LogP contribution in [0.5, 0.6) is 0 Å². The molecule has 0 heterocycles. The number of rotatable bonds is 3. The van der Waals surface area contributed by atoms with Crippen LogP contribution < -0.4 is 0 Å². The minimum atomic E-state index is 0.151. The normalized spacial score (nSPS) is 16.0. The quantitative estimate of drug-likeness (QED) is 0.586. The molecule has 3 aromatic rings. The molecule has 1 unspecified atom stereocenters. The van der Waals surface area contributed by atoms with E-state index in [2.05, 4.69) is 86.6 Å². The Morgan fingerprint density at radius 1 is 0.720 bits per heavy atom. The topological polar surface area (TPSA) is 9.23 Å². The molecular weight excluding hydrogens is 304 g/mol. The lowest BCUT2D eigenvalue weighted by Crippen LogP contribution is -2.03. The van der Waals surface area contributed by atoms with E-state index in [-0.39, 0.29) is 5.92 Å². The van der Waals surface area contributed by atoms with Gasteiger partial charge >= 0.3 is 0 Å². The molecule has 4 rings (SSSR count). The van der Waals surface area contributed by atoms with Crippen LogP contribution in [0, 0.1) is 13.8 Å². The van der Waals surface area contributed by atoms with E-state index in [1.807, 2.05) is 0 Å². The van der Waals surface area contributed by atoms with Crippen LogP contribution in [0.3, 0.4) is 0 Å². The van der Waals surface area contributed by atoms with Crippen molar-refractivity contribution in [3.8, 4) is 0 Å². The Kier molecular flexibility index (Phi) is 3.93. The first-order valence-corrected chi connectivity index (χ1v) is 8.70. The zero-order valence-corrected chi connectivity index (χ0v) is 14.9. The van der Waals surface area contributed by atoms with Crippen molar-refractivity contribution in [1.29, 1.82) is 0 Å². The molecule has 1 atom stereocenters. The first-order chi connectivity index (χ1) is 12.2. The van der Waals surface area contributed by atoms with E-state index in [1.54, 1.807) is 7.11 Å². The summed E-state index contributed by atoms with van der Waals surface area (Å²) in [5.74, 6) is 1.19. The predicted molar refractivity (Wildman–Crippen MR) is 104 cm³/mol. The Labute approximate surface area is 149 Å². The molecule has 1 aliphatic carbocycles. The van der Waals surface area contributed by atoms with Crippen LogP contribution in [0.15, 0.2) is 78.6 Å². The fourth-order valence-electron chi connectivity index (χ4n) is 3.72.